The second-order valence-electron chi connectivity index (χ2n) is 5.42. The molecule has 1 heterocycles. The molecule has 1 saturated carbocycles. The molecule has 1 aromatic carbocycles. The van der Waals surface area contributed by atoms with E-state index in [-0.39, 0.29) is 12.0 Å². The van der Waals surface area contributed by atoms with Crippen molar-refractivity contribution in [3.8, 4) is 22.9 Å². The summed E-state index contributed by atoms with van der Waals surface area (Å²) in [6, 6.07) is 3.73. The summed E-state index contributed by atoms with van der Waals surface area (Å²) >= 11 is 6.21. The van der Waals surface area contributed by atoms with E-state index in [0.717, 1.165) is 24.8 Å². The van der Waals surface area contributed by atoms with Crippen molar-refractivity contribution in [2.24, 2.45) is 5.73 Å². The van der Waals surface area contributed by atoms with Gasteiger partial charge in [0.05, 0.1) is 19.2 Å². The fraction of sp³-hybridized carbons (Fsp3) is 0.467. The highest BCUT2D eigenvalue weighted by Crippen LogP contribution is 2.39. The van der Waals surface area contributed by atoms with Crippen LogP contribution < -0.4 is 15.2 Å². The maximum absolute atomic E-state index is 6.21. The van der Waals surface area contributed by atoms with Crippen LogP contribution in [-0.4, -0.2) is 30.4 Å². The van der Waals surface area contributed by atoms with Crippen molar-refractivity contribution in [3.05, 3.63) is 23.0 Å². The summed E-state index contributed by atoms with van der Waals surface area (Å²) in [5, 5.41) is 4.48. The second-order valence-corrected chi connectivity index (χ2v) is 5.83. The molecule has 118 valence electrons. The van der Waals surface area contributed by atoms with Crippen LogP contribution in [0.1, 0.15) is 31.1 Å². The molecule has 2 atom stereocenters. The van der Waals surface area contributed by atoms with Gasteiger partial charge < -0.3 is 19.7 Å². The molecule has 1 fully saturated rings. The Morgan fingerprint density at radius 3 is 2.73 bits per heavy atom. The van der Waals surface area contributed by atoms with Gasteiger partial charge in [-0.05, 0) is 31.4 Å². The number of nitrogens with zero attached hydrogens (tertiary/aromatic N) is 2. The predicted octanol–water partition coefficient (Wildman–Crippen LogP) is 3.00. The van der Waals surface area contributed by atoms with E-state index in [1.807, 2.05) is 0 Å². The average molecular weight is 324 g/mol. The van der Waals surface area contributed by atoms with Gasteiger partial charge in [0.2, 0.25) is 11.7 Å². The van der Waals surface area contributed by atoms with E-state index >= 15 is 0 Å². The van der Waals surface area contributed by atoms with Gasteiger partial charge in [-0.1, -0.05) is 16.8 Å². The number of nitrogens with two attached hydrogens (primary N) is 1. The number of halogens is 1. The maximum atomic E-state index is 6.21. The van der Waals surface area contributed by atoms with Gasteiger partial charge >= 0.3 is 0 Å². The van der Waals surface area contributed by atoms with Crippen molar-refractivity contribution < 1.29 is 14.0 Å². The van der Waals surface area contributed by atoms with Gasteiger partial charge in [-0.2, -0.15) is 4.98 Å². The fourth-order valence-corrected chi connectivity index (χ4v) is 3.09. The van der Waals surface area contributed by atoms with Crippen LogP contribution in [-0.2, 0) is 0 Å². The van der Waals surface area contributed by atoms with Gasteiger partial charge in [-0.15, -0.1) is 0 Å². The van der Waals surface area contributed by atoms with Crippen molar-refractivity contribution >= 4 is 11.6 Å². The lowest BCUT2D eigenvalue weighted by molar-refractivity contribution is 0.352. The molecular weight excluding hydrogens is 306 g/mol. The Labute approximate surface area is 133 Å². The topological polar surface area (TPSA) is 83.4 Å². The van der Waals surface area contributed by atoms with E-state index < -0.39 is 0 Å². The third kappa shape index (κ3) is 2.76. The fourth-order valence-electron chi connectivity index (χ4n) is 2.81. The minimum Gasteiger partial charge on any atom is -0.493 e. The van der Waals surface area contributed by atoms with E-state index in [1.54, 1.807) is 26.4 Å². The van der Waals surface area contributed by atoms with Gasteiger partial charge in [0.1, 0.15) is 0 Å². The second kappa shape index (κ2) is 6.14. The number of benzene rings is 1. The summed E-state index contributed by atoms with van der Waals surface area (Å²) in [7, 11) is 3.10. The molecule has 0 aliphatic heterocycles. The van der Waals surface area contributed by atoms with Crippen molar-refractivity contribution in [2.45, 2.75) is 31.2 Å². The highest BCUT2D eigenvalue weighted by Gasteiger charge is 2.28. The monoisotopic (exact) mass is 323 g/mol. The number of methoxy groups -OCH3 is 2. The first-order valence-electron chi connectivity index (χ1n) is 7.13. The average Bonchev–Trinajstić information content (AvgIpc) is 3.15. The SMILES string of the molecule is COc1cc(-c2noc(C3CCC(N)C3)n2)cc(Cl)c1OC. The Bertz CT molecular complexity index is 674. The van der Waals surface area contributed by atoms with Crippen LogP contribution in [0.3, 0.4) is 0 Å². The Morgan fingerprint density at radius 1 is 1.27 bits per heavy atom. The molecule has 7 heteroatoms. The van der Waals surface area contributed by atoms with Gasteiger partial charge in [0.15, 0.2) is 11.5 Å². The van der Waals surface area contributed by atoms with Crippen LogP contribution in [0, 0.1) is 0 Å². The summed E-state index contributed by atoms with van der Waals surface area (Å²) in [5.74, 6) is 2.37. The molecule has 2 aromatic rings. The normalized spacial score (nSPS) is 21.1. The molecule has 6 nitrogen and oxygen atoms in total. The molecule has 1 aromatic heterocycles. The molecule has 2 unspecified atom stereocenters. The van der Waals surface area contributed by atoms with Crippen molar-refractivity contribution in [1.29, 1.82) is 0 Å². The van der Waals surface area contributed by atoms with Gasteiger partial charge in [-0.25, -0.2) is 0 Å². The van der Waals surface area contributed by atoms with Crippen LogP contribution in [0.25, 0.3) is 11.4 Å². The summed E-state index contributed by atoms with van der Waals surface area (Å²) in [6.45, 7) is 0. The molecule has 0 radical (unpaired) electrons. The minimum atomic E-state index is 0.218. The predicted molar refractivity (Wildman–Crippen MR) is 82.4 cm³/mol. The van der Waals surface area contributed by atoms with Crippen LogP contribution in [0.5, 0.6) is 11.5 Å². The third-order valence-electron chi connectivity index (χ3n) is 3.96. The zero-order chi connectivity index (χ0) is 15.7. The van der Waals surface area contributed by atoms with E-state index in [0.29, 0.717) is 28.2 Å². The van der Waals surface area contributed by atoms with Crippen molar-refractivity contribution in [2.75, 3.05) is 14.2 Å². The number of hydrogen-bond donors (Lipinski definition) is 1. The summed E-state index contributed by atoms with van der Waals surface area (Å²) in [4.78, 5) is 4.48. The lowest BCUT2D eigenvalue weighted by atomic mass is 10.1. The molecule has 0 amide bonds. The molecule has 3 rings (SSSR count). The Hall–Kier alpha value is -1.79. The minimum absolute atomic E-state index is 0.218. The molecule has 1 aliphatic carbocycles. The smallest absolute Gasteiger partial charge is 0.230 e. The lowest BCUT2D eigenvalue weighted by Gasteiger charge is -2.10. The van der Waals surface area contributed by atoms with Crippen LogP contribution >= 0.6 is 11.6 Å². The third-order valence-corrected chi connectivity index (χ3v) is 4.24. The molecule has 1 aliphatic rings. The number of ether oxygens (including phenoxy) is 2. The maximum Gasteiger partial charge on any atom is 0.230 e. The zero-order valence-electron chi connectivity index (χ0n) is 12.5. The van der Waals surface area contributed by atoms with Gasteiger partial charge in [0, 0.05) is 17.5 Å². The Balaban J connectivity index is 1.91. The zero-order valence-corrected chi connectivity index (χ0v) is 13.3. The first kappa shape index (κ1) is 15.1. The molecule has 22 heavy (non-hydrogen) atoms. The largest absolute Gasteiger partial charge is 0.493 e. The van der Waals surface area contributed by atoms with Crippen LogP contribution in [0.4, 0.5) is 0 Å². The standard InChI is InChI=1S/C15H18ClN3O3/c1-20-12-7-9(6-11(16)13(12)21-2)14-18-15(22-19-14)8-3-4-10(17)5-8/h6-8,10H,3-5,17H2,1-2H3. The highest BCUT2D eigenvalue weighted by molar-refractivity contribution is 6.32. The molecule has 0 saturated heterocycles. The number of aromatic nitrogens is 2. The summed E-state index contributed by atoms with van der Waals surface area (Å²) < 4.78 is 15.9. The molecule has 0 spiro atoms. The molecule has 2 N–H and O–H groups in total. The van der Waals surface area contributed by atoms with E-state index in [9.17, 15) is 0 Å². The van der Waals surface area contributed by atoms with E-state index in [4.69, 9.17) is 31.3 Å². The van der Waals surface area contributed by atoms with Crippen LogP contribution in [0.15, 0.2) is 16.7 Å². The van der Waals surface area contributed by atoms with Crippen molar-refractivity contribution in [1.82, 2.24) is 10.1 Å². The number of hydrogen-bond acceptors (Lipinski definition) is 6. The first-order valence-corrected chi connectivity index (χ1v) is 7.51. The van der Waals surface area contributed by atoms with Crippen molar-refractivity contribution in [3.63, 3.8) is 0 Å². The highest BCUT2D eigenvalue weighted by atomic mass is 35.5. The first-order chi connectivity index (χ1) is 10.6. The molecular formula is C15H18ClN3O3. The van der Waals surface area contributed by atoms with E-state index in [2.05, 4.69) is 10.1 Å². The Morgan fingerprint density at radius 2 is 2.09 bits per heavy atom. The summed E-state index contributed by atoms with van der Waals surface area (Å²) in [6.07, 6.45) is 2.86. The van der Waals surface area contributed by atoms with E-state index in [1.165, 1.54) is 0 Å². The number of rotatable bonds is 4. The quantitative estimate of drug-likeness (QED) is 0.931. The van der Waals surface area contributed by atoms with Crippen LogP contribution in [0.2, 0.25) is 5.02 Å². The molecule has 0 bridgehead atoms. The van der Waals surface area contributed by atoms with Gasteiger partial charge in [0.25, 0.3) is 0 Å². The van der Waals surface area contributed by atoms with Gasteiger partial charge in [-0.3, -0.25) is 0 Å². The lowest BCUT2D eigenvalue weighted by Crippen LogP contribution is -2.14. The Kier molecular flexibility index (Phi) is 4.22. The summed E-state index contributed by atoms with van der Waals surface area (Å²) in [5.41, 5.74) is 6.65.